The third-order valence-electron chi connectivity index (χ3n) is 1.20. The highest BCUT2D eigenvalue weighted by Gasteiger charge is 2.15. The fraction of sp³-hybridized carbons (Fsp3) is 0.833. The molecule has 0 bridgehead atoms. The van der Waals surface area contributed by atoms with E-state index in [4.69, 9.17) is 0 Å². The van der Waals surface area contributed by atoms with E-state index in [1.807, 2.05) is 20.8 Å². The van der Waals surface area contributed by atoms with Crippen LogP contribution in [0.1, 0.15) is 26.6 Å². The Balaban J connectivity index is 2.89. The first-order chi connectivity index (χ1) is 5.04. The largest absolute Gasteiger partial charge is 0.184 e. The van der Waals surface area contributed by atoms with E-state index in [9.17, 15) is 0 Å². The van der Waals surface area contributed by atoms with Crippen molar-refractivity contribution in [3.05, 3.63) is 5.82 Å². The molecule has 1 aromatic heterocycles. The maximum Gasteiger partial charge on any atom is 0.184 e. The predicted octanol–water partition coefficient (Wildman–Crippen LogP) is 0.858. The molecule has 4 nitrogen and oxygen atoms in total. The Morgan fingerprint density at radius 3 is 2.36 bits per heavy atom. The molecule has 0 aliphatic rings. The number of tetrazole rings is 1. The Hall–Kier alpha value is -0.580. The molecule has 0 saturated heterocycles. The first-order valence-corrected chi connectivity index (χ1v) is 4.07. The molecular weight excluding hydrogens is 160 g/mol. The van der Waals surface area contributed by atoms with Crippen molar-refractivity contribution in [3.63, 3.8) is 0 Å². The van der Waals surface area contributed by atoms with Gasteiger partial charge in [-0.05, 0) is 26.0 Å². The van der Waals surface area contributed by atoms with Crippen LogP contribution >= 0.6 is 12.6 Å². The van der Waals surface area contributed by atoms with Gasteiger partial charge in [-0.25, -0.2) is 0 Å². The molecule has 0 spiro atoms. The van der Waals surface area contributed by atoms with E-state index >= 15 is 0 Å². The molecule has 1 heterocycles. The molecule has 0 aromatic carbocycles. The van der Waals surface area contributed by atoms with E-state index in [2.05, 4.69) is 28.0 Å². The molecule has 0 aliphatic carbocycles. The number of rotatable bonds is 1. The Labute approximate surface area is 71.4 Å². The van der Waals surface area contributed by atoms with E-state index in [0.717, 1.165) is 0 Å². The van der Waals surface area contributed by atoms with Crippen molar-refractivity contribution in [1.82, 2.24) is 20.2 Å². The molecule has 1 aromatic rings. The highest BCUT2D eigenvalue weighted by atomic mass is 32.1. The van der Waals surface area contributed by atoms with Gasteiger partial charge in [0.15, 0.2) is 5.82 Å². The first kappa shape index (κ1) is 8.52. The second kappa shape index (κ2) is 2.81. The van der Waals surface area contributed by atoms with E-state index in [1.54, 1.807) is 4.80 Å². The molecule has 0 fully saturated rings. The van der Waals surface area contributed by atoms with Crippen molar-refractivity contribution in [2.24, 2.45) is 0 Å². The summed E-state index contributed by atoms with van der Waals surface area (Å²) in [5, 5.41) is 11.8. The number of aromatic nitrogens is 4. The summed E-state index contributed by atoms with van der Waals surface area (Å²) in [6.45, 7) is 6.07. The van der Waals surface area contributed by atoms with Crippen LogP contribution in [-0.4, -0.2) is 20.2 Å². The maximum atomic E-state index is 4.12. The molecule has 0 atom stereocenters. The van der Waals surface area contributed by atoms with Gasteiger partial charge in [0, 0.05) is 0 Å². The number of hydrogen-bond donors (Lipinski definition) is 1. The Kier molecular flexibility index (Phi) is 2.17. The zero-order valence-corrected chi connectivity index (χ0v) is 7.84. The van der Waals surface area contributed by atoms with Crippen LogP contribution in [0.15, 0.2) is 0 Å². The van der Waals surface area contributed by atoms with Crippen molar-refractivity contribution in [1.29, 1.82) is 0 Å². The molecular formula is C6H12N4S. The molecule has 1 rings (SSSR count). The minimum atomic E-state index is -0.0891. The van der Waals surface area contributed by atoms with Crippen LogP contribution in [0.5, 0.6) is 0 Å². The summed E-state index contributed by atoms with van der Waals surface area (Å²) in [5.74, 6) is 1.21. The molecule has 0 saturated carbocycles. The van der Waals surface area contributed by atoms with Gasteiger partial charge < -0.3 is 0 Å². The average molecular weight is 172 g/mol. The van der Waals surface area contributed by atoms with Gasteiger partial charge in [-0.1, -0.05) is 0 Å². The highest BCUT2D eigenvalue weighted by molar-refractivity contribution is 7.79. The molecule has 0 unspecified atom stereocenters. The molecule has 0 amide bonds. The zero-order chi connectivity index (χ0) is 8.48. The van der Waals surface area contributed by atoms with Crippen LogP contribution in [0, 0.1) is 0 Å². The Morgan fingerprint density at radius 2 is 2.09 bits per heavy atom. The summed E-state index contributed by atoms with van der Waals surface area (Å²) in [4.78, 5) is 1.60. The number of nitrogens with zero attached hydrogens (tertiary/aromatic N) is 4. The van der Waals surface area contributed by atoms with Gasteiger partial charge >= 0.3 is 0 Å². The zero-order valence-electron chi connectivity index (χ0n) is 6.94. The molecule has 5 heteroatoms. The van der Waals surface area contributed by atoms with Gasteiger partial charge in [0.05, 0.1) is 11.3 Å². The van der Waals surface area contributed by atoms with Crippen molar-refractivity contribution in [2.75, 3.05) is 0 Å². The van der Waals surface area contributed by atoms with Gasteiger partial charge in [-0.15, -0.1) is 10.2 Å². The normalized spacial score (nSPS) is 12.0. The van der Waals surface area contributed by atoms with Crippen molar-refractivity contribution in [3.8, 4) is 0 Å². The second-order valence-electron chi connectivity index (χ2n) is 3.32. The van der Waals surface area contributed by atoms with Crippen molar-refractivity contribution in [2.45, 2.75) is 32.1 Å². The van der Waals surface area contributed by atoms with E-state index < -0.39 is 0 Å². The van der Waals surface area contributed by atoms with Gasteiger partial charge in [-0.3, -0.25) is 0 Å². The fourth-order valence-electron chi connectivity index (χ4n) is 0.591. The van der Waals surface area contributed by atoms with Crippen LogP contribution < -0.4 is 0 Å². The van der Waals surface area contributed by atoms with E-state index in [-0.39, 0.29) is 5.54 Å². The van der Waals surface area contributed by atoms with Crippen LogP contribution in [0.4, 0.5) is 0 Å². The summed E-state index contributed by atoms with van der Waals surface area (Å²) in [6.07, 6.45) is 0. The highest BCUT2D eigenvalue weighted by Crippen LogP contribution is 2.09. The summed E-state index contributed by atoms with van der Waals surface area (Å²) in [7, 11) is 0. The van der Waals surface area contributed by atoms with Gasteiger partial charge in [-0.2, -0.15) is 17.4 Å². The minimum absolute atomic E-state index is 0.0891. The summed E-state index contributed by atoms with van der Waals surface area (Å²) >= 11 is 4.04. The molecule has 11 heavy (non-hydrogen) atoms. The lowest BCUT2D eigenvalue weighted by Crippen LogP contribution is -2.24. The van der Waals surface area contributed by atoms with Gasteiger partial charge in [0.25, 0.3) is 0 Å². The lowest BCUT2D eigenvalue weighted by molar-refractivity contribution is 0.305. The molecule has 0 radical (unpaired) electrons. The second-order valence-corrected chi connectivity index (χ2v) is 3.64. The average Bonchev–Trinajstić information content (AvgIpc) is 2.32. The van der Waals surface area contributed by atoms with Crippen molar-refractivity contribution < 1.29 is 0 Å². The minimum Gasteiger partial charge on any atom is -0.171 e. The maximum absolute atomic E-state index is 4.12. The smallest absolute Gasteiger partial charge is 0.171 e. The standard InChI is InChI=1S/C6H12N4S/c1-6(2,3)10-8-5(4-11)7-9-10/h11H,4H2,1-3H3. The van der Waals surface area contributed by atoms with Crippen molar-refractivity contribution >= 4 is 12.6 Å². The predicted molar refractivity (Wildman–Crippen MR) is 45.5 cm³/mol. The van der Waals surface area contributed by atoms with E-state index in [0.29, 0.717) is 11.6 Å². The quantitative estimate of drug-likeness (QED) is 0.639. The first-order valence-electron chi connectivity index (χ1n) is 3.44. The molecule has 0 aliphatic heterocycles. The van der Waals surface area contributed by atoms with Gasteiger partial charge in [0.2, 0.25) is 0 Å². The number of hydrogen-bond acceptors (Lipinski definition) is 4. The Morgan fingerprint density at radius 1 is 1.45 bits per heavy atom. The van der Waals surface area contributed by atoms with Crippen LogP contribution in [0.3, 0.4) is 0 Å². The third-order valence-corrected chi connectivity index (χ3v) is 1.48. The molecule has 62 valence electrons. The summed E-state index contributed by atoms with van der Waals surface area (Å²) < 4.78 is 0. The third kappa shape index (κ3) is 1.92. The number of thiol groups is 1. The van der Waals surface area contributed by atoms with Crippen LogP contribution in [0.25, 0.3) is 0 Å². The monoisotopic (exact) mass is 172 g/mol. The lowest BCUT2D eigenvalue weighted by atomic mass is 10.1. The van der Waals surface area contributed by atoms with E-state index in [1.165, 1.54) is 0 Å². The topological polar surface area (TPSA) is 43.6 Å². The Bertz CT molecular complexity index is 237. The summed E-state index contributed by atoms with van der Waals surface area (Å²) in [5.41, 5.74) is -0.0891. The lowest BCUT2D eigenvalue weighted by Gasteiger charge is -2.15. The van der Waals surface area contributed by atoms with Crippen LogP contribution in [0.2, 0.25) is 0 Å². The SMILES string of the molecule is CC(C)(C)n1nnc(CS)n1. The van der Waals surface area contributed by atoms with Gasteiger partial charge in [0.1, 0.15) is 0 Å². The van der Waals surface area contributed by atoms with Crippen LogP contribution in [-0.2, 0) is 11.3 Å². The summed E-state index contributed by atoms with van der Waals surface area (Å²) in [6, 6.07) is 0. The fourth-order valence-corrected chi connectivity index (χ4v) is 0.717. The molecule has 0 N–H and O–H groups in total.